The minimum absolute atomic E-state index is 0.0698. The van der Waals surface area contributed by atoms with E-state index in [0.29, 0.717) is 5.56 Å². The summed E-state index contributed by atoms with van der Waals surface area (Å²) in [6.45, 7) is 3.77. The average molecular weight is 193 g/mol. The molecule has 0 fully saturated rings. The molecule has 0 saturated carbocycles. The summed E-state index contributed by atoms with van der Waals surface area (Å²) >= 11 is 0. The van der Waals surface area contributed by atoms with Gasteiger partial charge in [0.1, 0.15) is 0 Å². The Kier molecular flexibility index (Phi) is 3.25. The van der Waals surface area contributed by atoms with Gasteiger partial charge in [-0.3, -0.25) is 0 Å². The smallest absolute Gasteiger partial charge is 0.338 e. The molecule has 0 aromatic heterocycles. The van der Waals surface area contributed by atoms with E-state index in [0.717, 1.165) is 11.1 Å². The molecule has 1 aromatic carbocycles. The Hall–Kier alpha value is -1.35. The molecule has 3 nitrogen and oxygen atoms in total. The molecule has 3 heteroatoms. The lowest BCUT2D eigenvalue weighted by Gasteiger charge is -2.12. The maximum Gasteiger partial charge on any atom is 0.338 e. The van der Waals surface area contributed by atoms with Crippen molar-refractivity contribution < 1.29 is 9.53 Å². The van der Waals surface area contributed by atoms with Crippen LogP contribution in [0.2, 0.25) is 0 Å². The normalized spacial score (nSPS) is 12.3. The van der Waals surface area contributed by atoms with E-state index in [1.807, 2.05) is 26.0 Å². The van der Waals surface area contributed by atoms with Crippen molar-refractivity contribution >= 4 is 5.97 Å². The number of methoxy groups -OCH3 is 1. The summed E-state index contributed by atoms with van der Waals surface area (Å²) in [7, 11) is 1.38. The number of ether oxygens (including phenoxy) is 1. The number of benzene rings is 1. The van der Waals surface area contributed by atoms with Gasteiger partial charge in [-0.1, -0.05) is 12.1 Å². The van der Waals surface area contributed by atoms with E-state index >= 15 is 0 Å². The Balaban J connectivity index is 3.20. The Labute approximate surface area is 83.9 Å². The first-order valence-corrected chi connectivity index (χ1v) is 4.51. The van der Waals surface area contributed by atoms with Gasteiger partial charge in [-0.25, -0.2) is 4.79 Å². The van der Waals surface area contributed by atoms with E-state index in [-0.39, 0.29) is 12.0 Å². The second kappa shape index (κ2) is 4.24. The Bertz CT molecular complexity index is 345. The molecular weight excluding hydrogens is 178 g/mol. The fourth-order valence-electron chi connectivity index (χ4n) is 1.48. The Morgan fingerprint density at radius 2 is 2.14 bits per heavy atom. The number of carbonyl (C=O) groups is 1. The second-order valence-corrected chi connectivity index (χ2v) is 3.30. The third kappa shape index (κ3) is 1.93. The van der Waals surface area contributed by atoms with Crippen LogP contribution in [0, 0.1) is 6.92 Å². The fraction of sp³-hybridized carbons (Fsp3) is 0.364. The highest BCUT2D eigenvalue weighted by Gasteiger charge is 2.12. The summed E-state index contributed by atoms with van der Waals surface area (Å²) in [6, 6.07) is 5.41. The zero-order valence-electron chi connectivity index (χ0n) is 8.70. The molecule has 1 unspecified atom stereocenters. The molecule has 0 radical (unpaired) electrons. The van der Waals surface area contributed by atoms with E-state index in [4.69, 9.17) is 5.73 Å². The van der Waals surface area contributed by atoms with Gasteiger partial charge in [-0.05, 0) is 31.0 Å². The summed E-state index contributed by atoms with van der Waals surface area (Å²) in [5.41, 5.74) is 8.24. The molecule has 0 aliphatic rings. The van der Waals surface area contributed by atoms with E-state index in [2.05, 4.69) is 4.74 Å². The summed E-state index contributed by atoms with van der Waals surface area (Å²) < 4.78 is 4.67. The highest BCUT2D eigenvalue weighted by atomic mass is 16.5. The monoisotopic (exact) mass is 193 g/mol. The largest absolute Gasteiger partial charge is 0.465 e. The van der Waals surface area contributed by atoms with E-state index in [9.17, 15) is 4.79 Å². The van der Waals surface area contributed by atoms with Crippen LogP contribution in [0.5, 0.6) is 0 Å². The molecule has 0 aliphatic carbocycles. The van der Waals surface area contributed by atoms with Gasteiger partial charge in [-0.15, -0.1) is 0 Å². The molecule has 0 heterocycles. The molecule has 1 atom stereocenters. The highest BCUT2D eigenvalue weighted by molar-refractivity contribution is 5.91. The van der Waals surface area contributed by atoms with Gasteiger partial charge >= 0.3 is 5.97 Å². The topological polar surface area (TPSA) is 52.3 Å². The van der Waals surface area contributed by atoms with Crippen LogP contribution in [0.25, 0.3) is 0 Å². The Morgan fingerprint density at radius 1 is 1.50 bits per heavy atom. The lowest BCUT2D eigenvalue weighted by Crippen LogP contribution is -2.11. The highest BCUT2D eigenvalue weighted by Crippen LogP contribution is 2.19. The van der Waals surface area contributed by atoms with Gasteiger partial charge in [0.05, 0.1) is 12.7 Å². The number of rotatable bonds is 2. The van der Waals surface area contributed by atoms with E-state index in [1.165, 1.54) is 7.11 Å². The molecule has 0 amide bonds. The summed E-state index contributed by atoms with van der Waals surface area (Å²) in [5, 5.41) is 0. The second-order valence-electron chi connectivity index (χ2n) is 3.30. The molecule has 0 saturated heterocycles. The van der Waals surface area contributed by atoms with Crippen LogP contribution in [0.3, 0.4) is 0 Å². The minimum atomic E-state index is -0.315. The van der Waals surface area contributed by atoms with Crippen molar-refractivity contribution in [2.75, 3.05) is 7.11 Å². The van der Waals surface area contributed by atoms with Gasteiger partial charge in [-0.2, -0.15) is 0 Å². The van der Waals surface area contributed by atoms with Crippen LogP contribution < -0.4 is 5.73 Å². The predicted molar refractivity (Wildman–Crippen MR) is 55.1 cm³/mol. The van der Waals surface area contributed by atoms with Gasteiger partial charge in [0.2, 0.25) is 0 Å². The molecule has 76 valence electrons. The summed E-state index contributed by atoms with van der Waals surface area (Å²) in [4.78, 5) is 11.3. The van der Waals surface area contributed by atoms with Crippen LogP contribution in [-0.2, 0) is 4.74 Å². The van der Waals surface area contributed by atoms with E-state index < -0.39 is 0 Å². The number of hydrogen-bond acceptors (Lipinski definition) is 3. The summed E-state index contributed by atoms with van der Waals surface area (Å²) in [6.07, 6.45) is 0. The molecule has 0 bridgehead atoms. The third-order valence-corrected chi connectivity index (χ3v) is 2.27. The van der Waals surface area contributed by atoms with Crippen molar-refractivity contribution in [2.24, 2.45) is 5.73 Å². The predicted octanol–water partition coefficient (Wildman–Crippen LogP) is 1.80. The number of esters is 1. The van der Waals surface area contributed by atoms with Crippen molar-refractivity contribution in [3.05, 3.63) is 34.9 Å². The first-order chi connectivity index (χ1) is 6.57. The average Bonchev–Trinajstić information content (AvgIpc) is 2.16. The van der Waals surface area contributed by atoms with Crippen molar-refractivity contribution in [1.82, 2.24) is 0 Å². The molecule has 14 heavy (non-hydrogen) atoms. The molecule has 1 aromatic rings. The number of nitrogens with two attached hydrogens (primary N) is 1. The molecule has 0 spiro atoms. The zero-order valence-corrected chi connectivity index (χ0v) is 8.70. The van der Waals surface area contributed by atoms with Crippen molar-refractivity contribution in [3.63, 3.8) is 0 Å². The molecule has 0 aliphatic heterocycles. The van der Waals surface area contributed by atoms with Crippen LogP contribution in [-0.4, -0.2) is 13.1 Å². The zero-order chi connectivity index (χ0) is 10.7. The fourth-order valence-corrected chi connectivity index (χ4v) is 1.48. The van der Waals surface area contributed by atoms with Gasteiger partial charge in [0.15, 0.2) is 0 Å². The maximum atomic E-state index is 11.3. The van der Waals surface area contributed by atoms with Gasteiger partial charge in [0, 0.05) is 6.04 Å². The van der Waals surface area contributed by atoms with Crippen LogP contribution >= 0.6 is 0 Å². The van der Waals surface area contributed by atoms with Gasteiger partial charge < -0.3 is 10.5 Å². The molecule has 2 N–H and O–H groups in total. The van der Waals surface area contributed by atoms with Crippen LogP contribution in [0.1, 0.15) is 34.5 Å². The first kappa shape index (κ1) is 10.7. The van der Waals surface area contributed by atoms with Crippen molar-refractivity contribution in [3.8, 4) is 0 Å². The third-order valence-electron chi connectivity index (χ3n) is 2.27. The van der Waals surface area contributed by atoms with E-state index in [1.54, 1.807) is 6.07 Å². The molecular formula is C11H15NO2. The lowest BCUT2D eigenvalue weighted by molar-refractivity contribution is 0.0600. The first-order valence-electron chi connectivity index (χ1n) is 4.51. The number of hydrogen-bond donors (Lipinski definition) is 1. The SMILES string of the molecule is COC(=O)c1cccc(C(C)N)c1C. The number of carbonyl (C=O) groups excluding carboxylic acids is 1. The van der Waals surface area contributed by atoms with Crippen molar-refractivity contribution in [2.45, 2.75) is 19.9 Å². The van der Waals surface area contributed by atoms with Crippen molar-refractivity contribution in [1.29, 1.82) is 0 Å². The minimum Gasteiger partial charge on any atom is -0.465 e. The summed E-state index contributed by atoms with van der Waals surface area (Å²) in [5.74, 6) is -0.315. The maximum absolute atomic E-state index is 11.3. The van der Waals surface area contributed by atoms with Crippen LogP contribution in [0.4, 0.5) is 0 Å². The quantitative estimate of drug-likeness (QED) is 0.729. The lowest BCUT2D eigenvalue weighted by atomic mass is 9.98. The van der Waals surface area contributed by atoms with Gasteiger partial charge in [0.25, 0.3) is 0 Å². The Morgan fingerprint density at radius 3 is 2.64 bits per heavy atom. The standard InChI is InChI=1S/C11H15NO2/c1-7-9(8(2)12)5-4-6-10(7)11(13)14-3/h4-6,8H,12H2,1-3H3. The van der Waals surface area contributed by atoms with Crippen LogP contribution in [0.15, 0.2) is 18.2 Å². The molecule has 1 rings (SSSR count).